The van der Waals surface area contributed by atoms with Gasteiger partial charge in [0.1, 0.15) is 12.1 Å². The molecule has 0 bridgehead atoms. The normalized spacial score (nSPS) is 14.3. The number of esters is 1. The van der Waals surface area contributed by atoms with Crippen molar-refractivity contribution in [2.24, 2.45) is 5.73 Å². The van der Waals surface area contributed by atoms with Crippen LogP contribution < -0.4 is 5.73 Å². The predicted octanol–water partition coefficient (Wildman–Crippen LogP) is 10.8. The van der Waals surface area contributed by atoms with Gasteiger partial charge in [-0.3, -0.25) is 18.6 Å². The number of nitrogens with two attached hydrogens (primary N) is 1. The smallest absolute Gasteiger partial charge is 0.472 e. The number of rotatable bonds is 39. The van der Waals surface area contributed by atoms with E-state index in [1.54, 1.807) is 0 Å². The van der Waals surface area contributed by atoms with Gasteiger partial charge in [-0.15, -0.1) is 0 Å². The van der Waals surface area contributed by atoms with Gasteiger partial charge < -0.3 is 25.2 Å². The maximum Gasteiger partial charge on any atom is 0.472 e. The van der Waals surface area contributed by atoms with Crippen LogP contribution in [0.25, 0.3) is 0 Å². The molecule has 0 aromatic heterocycles. The number of unbranched alkanes of at least 4 members (excludes halogenated alkanes) is 21. The van der Waals surface area contributed by atoms with Crippen LogP contribution in [0.3, 0.4) is 0 Å². The van der Waals surface area contributed by atoms with Crippen LogP contribution in [0.2, 0.25) is 0 Å². The number of carboxylic acids is 1. The summed E-state index contributed by atoms with van der Waals surface area (Å²) in [5, 5.41) is 8.87. The first-order chi connectivity index (χ1) is 24.7. The fraction of sp³-hybridized carbons (Fsp3) is 0.850. The molecule has 0 rings (SSSR count). The molecule has 0 amide bonds. The minimum absolute atomic E-state index is 0.0162. The van der Waals surface area contributed by atoms with Gasteiger partial charge in [-0.05, 0) is 44.9 Å². The molecule has 0 heterocycles. The van der Waals surface area contributed by atoms with E-state index < -0.39 is 45.1 Å². The molecule has 0 aliphatic carbocycles. The van der Waals surface area contributed by atoms with Gasteiger partial charge in [-0.2, -0.15) is 0 Å². The second-order valence-corrected chi connectivity index (χ2v) is 15.2. The van der Waals surface area contributed by atoms with Crippen molar-refractivity contribution in [2.75, 3.05) is 26.4 Å². The number of phosphoric acid groups is 1. The van der Waals surface area contributed by atoms with Gasteiger partial charge >= 0.3 is 19.8 Å². The molecule has 0 aromatic rings. The molecule has 0 aliphatic rings. The Kier molecular flexibility index (Phi) is 35.7. The zero-order valence-corrected chi connectivity index (χ0v) is 33.3. The van der Waals surface area contributed by atoms with Crippen LogP contribution in [0, 0.1) is 0 Å². The molecule has 4 N–H and O–H groups in total. The first-order valence-corrected chi connectivity index (χ1v) is 21.9. The summed E-state index contributed by atoms with van der Waals surface area (Å²) < 4.78 is 33.2. The number of phosphoric ester groups is 1. The summed E-state index contributed by atoms with van der Waals surface area (Å²) in [6.07, 6.45) is 38.0. The molecule has 0 spiro atoms. The lowest BCUT2D eigenvalue weighted by atomic mass is 10.1. The number of aliphatic carboxylic acids is 1. The number of carbonyl (C=O) groups is 2. The van der Waals surface area contributed by atoms with E-state index in [1.165, 1.54) is 109 Å². The van der Waals surface area contributed by atoms with Crippen molar-refractivity contribution in [2.45, 2.75) is 193 Å². The third kappa shape index (κ3) is 36.6. The Balaban J connectivity index is 4.23. The molecule has 3 atom stereocenters. The van der Waals surface area contributed by atoms with Crippen molar-refractivity contribution in [1.29, 1.82) is 0 Å². The highest BCUT2D eigenvalue weighted by molar-refractivity contribution is 7.47. The van der Waals surface area contributed by atoms with Crippen LogP contribution in [0.5, 0.6) is 0 Å². The monoisotopic (exact) mass is 746 g/mol. The summed E-state index contributed by atoms with van der Waals surface area (Å²) in [5.41, 5.74) is 5.34. The third-order valence-electron chi connectivity index (χ3n) is 8.73. The van der Waals surface area contributed by atoms with E-state index in [1.807, 2.05) is 0 Å². The van der Waals surface area contributed by atoms with Gasteiger partial charge in [0.05, 0.1) is 19.8 Å². The van der Waals surface area contributed by atoms with Crippen molar-refractivity contribution < 1.29 is 42.7 Å². The fourth-order valence-electron chi connectivity index (χ4n) is 5.52. The maximum atomic E-state index is 12.6. The summed E-state index contributed by atoms with van der Waals surface area (Å²) in [5.74, 6) is -1.78. The number of ether oxygens (including phenoxy) is 2. The van der Waals surface area contributed by atoms with E-state index in [0.29, 0.717) is 13.0 Å². The van der Waals surface area contributed by atoms with Crippen molar-refractivity contribution in [3.05, 3.63) is 24.3 Å². The summed E-state index contributed by atoms with van der Waals surface area (Å²) in [4.78, 5) is 33.4. The molecule has 51 heavy (non-hydrogen) atoms. The average molecular weight is 746 g/mol. The van der Waals surface area contributed by atoms with E-state index in [2.05, 4.69) is 38.2 Å². The van der Waals surface area contributed by atoms with Gasteiger partial charge in [0.15, 0.2) is 0 Å². The number of allylic oxidation sites excluding steroid dienone is 4. The van der Waals surface area contributed by atoms with E-state index in [-0.39, 0.29) is 13.0 Å². The zero-order chi connectivity index (χ0) is 37.7. The Hall–Kier alpha value is -1.55. The SMILES string of the molecule is CCCCC/C=C\C/C=C\CCCCCCCCCCOCC(COP(=O)(O)OCC(N)C(=O)O)OC(=O)CCCCCCCCCCCCC. The predicted molar refractivity (Wildman–Crippen MR) is 208 cm³/mol. The summed E-state index contributed by atoms with van der Waals surface area (Å²) in [6, 6.07) is -1.47. The van der Waals surface area contributed by atoms with Gasteiger partial charge in [-0.1, -0.05) is 154 Å². The van der Waals surface area contributed by atoms with Crippen LogP contribution in [0.15, 0.2) is 24.3 Å². The molecular formula is C40H76NO9P. The molecule has 0 saturated heterocycles. The van der Waals surface area contributed by atoms with Crippen LogP contribution in [-0.2, 0) is 32.7 Å². The van der Waals surface area contributed by atoms with Crippen LogP contribution in [-0.4, -0.2) is 60.5 Å². The maximum absolute atomic E-state index is 12.6. The first-order valence-electron chi connectivity index (χ1n) is 20.4. The standard InChI is InChI=1S/C40H76NO9P/c1-3-5-7-9-11-13-15-16-17-18-19-20-21-23-25-27-29-31-33-47-34-37(35-48-51(45,46)49-36-38(41)40(43)44)50-39(42)32-30-28-26-24-22-14-12-10-8-6-4-2/h11,13,16-17,37-38H,3-10,12,14-15,18-36,41H2,1-2H3,(H,43,44)(H,45,46)/b13-11-,17-16-. The minimum Gasteiger partial charge on any atom is -0.480 e. The molecule has 10 nitrogen and oxygen atoms in total. The molecule has 0 radical (unpaired) electrons. The lowest BCUT2D eigenvalue weighted by Gasteiger charge is -2.20. The van der Waals surface area contributed by atoms with Crippen LogP contribution in [0.4, 0.5) is 0 Å². The lowest BCUT2D eigenvalue weighted by Crippen LogP contribution is -2.34. The van der Waals surface area contributed by atoms with Crippen molar-refractivity contribution >= 4 is 19.8 Å². The number of hydrogen-bond acceptors (Lipinski definition) is 8. The van der Waals surface area contributed by atoms with Gasteiger partial charge in [0.25, 0.3) is 0 Å². The number of hydrogen-bond donors (Lipinski definition) is 3. The van der Waals surface area contributed by atoms with Crippen LogP contribution >= 0.6 is 7.82 Å². The summed E-state index contributed by atoms with van der Waals surface area (Å²) in [6.45, 7) is 3.84. The second kappa shape index (κ2) is 36.8. The fourth-order valence-corrected chi connectivity index (χ4v) is 6.29. The Bertz CT molecular complexity index is 914. The van der Waals surface area contributed by atoms with Crippen LogP contribution in [0.1, 0.15) is 181 Å². The second-order valence-electron chi connectivity index (χ2n) is 13.8. The molecule has 300 valence electrons. The Morgan fingerprint density at radius 2 is 1.08 bits per heavy atom. The van der Waals surface area contributed by atoms with Crippen molar-refractivity contribution in [1.82, 2.24) is 0 Å². The number of carboxylic acid groups (broad SMARTS) is 1. The average Bonchev–Trinajstić information content (AvgIpc) is 3.10. The highest BCUT2D eigenvalue weighted by atomic mass is 31.2. The molecule has 0 fully saturated rings. The zero-order valence-electron chi connectivity index (χ0n) is 32.5. The van der Waals surface area contributed by atoms with Gasteiger partial charge in [-0.25, -0.2) is 4.57 Å². The number of carbonyl (C=O) groups excluding carboxylic acids is 1. The highest BCUT2D eigenvalue weighted by Crippen LogP contribution is 2.43. The molecule has 0 aliphatic heterocycles. The van der Waals surface area contributed by atoms with E-state index in [0.717, 1.165) is 44.9 Å². The Morgan fingerprint density at radius 1 is 0.627 bits per heavy atom. The van der Waals surface area contributed by atoms with Gasteiger partial charge in [0, 0.05) is 13.0 Å². The summed E-state index contributed by atoms with van der Waals surface area (Å²) >= 11 is 0. The highest BCUT2D eigenvalue weighted by Gasteiger charge is 2.27. The molecule has 0 aromatic carbocycles. The van der Waals surface area contributed by atoms with Crippen molar-refractivity contribution in [3.8, 4) is 0 Å². The minimum atomic E-state index is -4.61. The Morgan fingerprint density at radius 3 is 1.63 bits per heavy atom. The van der Waals surface area contributed by atoms with Crippen molar-refractivity contribution in [3.63, 3.8) is 0 Å². The third-order valence-corrected chi connectivity index (χ3v) is 9.68. The molecule has 3 unspecified atom stereocenters. The largest absolute Gasteiger partial charge is 0.480 e. The first kappa shape index (κ1) is 49.5. The van der Waals surface area contributed by atoms with Gasteiger partial charge in [0.2, 0.25) is 0 Å². The quantitative estimate of drug-likeness (QED) is 0.0240. The Labute approximate surface area is 311 Å². The lowest BCUT2D eigenvalue weighted by molar-refractivity contribution is -0.154. The molecular weight excluding hydrogens is 669 g/mol. The van der Waals surface area contributed by atoms with E-state index in [9.17, 15) is 19.0 Å². The van der Waals surface area contributed by atoms with E-state index in [4.69, 9.17) is 29.4 Å². The van der Waals surface area contributed by atoms with E-state index >= 15 is 0 Å². The summed E-state index contributed by atoms with van der Waals surface area (Å²) in [7, 11) is -4.61. The topological polar surface area (TPSA) is 155 Å². The molecule has 11 heteroatoms. The molecule has 0 saturated carbocycles.